The molecule has 2 saturated heterocycles. The summed E-state index contributed by atoms with van der Waals surface area (Å²) >= 11 is 1.58. The molecule has 376 valence electrons. The first kappa shape index (κ1) is 49.3. The van der Waals surface area contributed by atoms with Gasteiger partial charge in [-0.2, -0.15) is 0 Å². The SMILES string of the molecule is CC(C)(C)c1cc(NC(=O)Nc2ccc(-c3cn4c(n3)sc3cc(OCCN5CCN(CC(=O)NCCCCNC(=O)COc6cccc7c6C(=O)N(C6CCC(=O)NC6=O)C7=O)CC5)ccc34)cc2)no1. The van der Waals surface area contributed by atoms with Crippen molar-refractivity contribution in [3.63, 3.8) is 0 Å². The molecule has 9 rings (SSSR count). The van der Waals surface area contributed by atoms with E-state index >= 15 is 0 Å². The Bertz CT molecular complexity index is 3040. The van der Waals surface area contributed by atoms with Crippen LogP contribution in [0.3, 0.4) is 0 Å². The number of hydrogen-bond acceptors (Lipinski definition) is 15. The van der Waals surface area contributed by atoms with Crippen molar-refractivity contribution in [1.29, 1.82) is 0 Å². The topological polar surface area (TPSA) is 251 Å². The number of anilines is 2. The predicted octanol–water partition coefficient (Wildman–Crippen LogP) is 4.63. The molecule has 6 aromatic rings. The van der Waals surface area contributed by atoms with Gasteiger partial charge in [-0.15, -0.1) is 0 Å². The van der Waals surface area contributed by atoms with Gasteiger partial charge >= 0.3 is 6.03 Å². The fraction of sp³-hybridized carbons (Fsp3) is 0.380. The molecule has 5 N–H and O–H groups in total. The van der Waals surface area contributed by atoms with Crippen LogP contribution in [0, 0.1) is 0 Å². The first-order valence-electron chi connectivity index (χ1n) is 23.8. The molecule has 0 bridgehead atoms. The van der Waals surface area contributed by atoms with E-state index in [1.807, 2.05) is 69.4 Å². The fourth-order valence-corrected chi connectivity index (χ4v) is 9.66. The van der Waals surface area contributed by atoms with Crippen molar-refractivity contribution in [3.05, 3.63) is 89.8 Å². The Morgan fingerprint density at radius 1 is 0.861 bits per heavy atom. The summed E-state index contributed by atoms with van der Waals surface area (Å²) in [7, 11) is 0. The van der Waals surface area contributed by atoms with E-state index in [1.54, 1.807) is 17.4 Å². The summed E-state index contributed by atoms with van der Waals surface area (Å²) in [4.78, 5) is 99.1. The lowest BCUT2D eigenvalue weighted by Gasteiger charge is -2.34. The van der Waals surface area contributed by atoms with Gasteiger partial charge in [-0.05, 0) is 61.7 Å². The lowest BCUT2D eigenvalue weighted by atomic mass is 9.93. The van der Waals surface area contributed by atoms with Crippen LogP contribution in [0.1, 0.15) is 72.9 Å². The number of carbonyl (C=O) groups is 7. The van der Waals surface area contributed by atoms with E-state index in [9.17, 15) is 33.6 Å². The number of carbonyl (C=O) groups excluding carboxylic acids is 7. The van der Waals surface area contributed by atoms with Crippen molar-refractivity contribution < 1.29 is 47.6 Å². The number of unbranched alkanes of at least 4 members (excludes halogenated alkanes) is 1. The van der Waals surface area contributed by atoms with Gasteiger partial charge in [-0.1, -0.05) is 55.5 Å². The summed E-state index contributed by atoms with van der Waals surface area (Å²) < 4.78 is 20.3. The first-order valence-corrected chi connectivity index (χ1v) is 24.6. The van der Waals surface area contributed by atoms with Crippen LogP contribution in [0.25, 0.3) is 26.4 Å². The number of thiazole rings is 1. The quantitative estimate of drug-likeness (QED) is 0.0582. The summed E-state index contributed by atoms with van der Waals surface area (Å²) in [6.45, 7) is 11.2. The minimum atomic E-state index is -1.11. The fourth-order valence-electron chi connectivity index (χ4n) is 8.63. The molecule has 3 aromatic carbocycles. The van der Waals surface area contributed by atoms with Gasteiger partial charge < -0.3 is 29.9 Å². The van der Waals surface area contributed by atoms with Crippen LogP contribution in [0.15, 0.2) is 77.4 Å². The molecule has 6 heterocycles. The molecule has 22 heteroatoms. The van der Waals surface area contributed by atoms with Crippen LogP contribution in [-0.4, -0.2) is 142 Å². The number of fused-ring (bicyclic) bond motifs is 4. The van der Waals surface area contributed by atoms with E-state index < -0.39 is 48.2 Å². The molecule has 21 nitrogen and oxygen atoms in total. The normalized spacial score (nSPS) is 16.5. The third-order valence-electron chi connectivity index (χ3n) is 12.5. The summed E-state index contributed by atoms with van der Waals surface area (Å²) in [5, 5.41) is 17.3. The Morgan fingerprint density at radius 3 is 2.35 bits per heavy atom. The Kier molecular flexibility index (Phi) is 14.6. The van der Waals surface area contributed by atoms with Gasteiger partial charge in [0, 0.05) is 81.2 Å². The second kappa shape index (κ2) is 21.3. The average molecular weight is 1000 g/mol. The number of ether oxygens (including phenoxy) is 2. The molecular formula is C50H55N11O10S. The number of imide groups is 2. The van der Waals surface area contributed by atoms with Gasteiger partial charge in [0.25, 0.3) is 17.7 Å². The number of imidazole rings is 1. The van der Waals surface area contributed by atoms with Crippen LogP contribution in [0.2, 0.25) is 0 Å². The van der Waals surface area contributed by atoms with Crippen LogP contribution in [0.4, 0.5) is 16.3 Å². The Balaban J connectivity index is 0.630. The van der Waals surface area contributed by atoms with Crippen LogP contribution in [0.5, 0.6) is 11.5 Å². The van der Waals surface area contributed by atoms with Crippen molar-refractivity contribution in [2.75, 3.05) is 76.2 Å². The second-order valence-electron chi connectivity index (χ2n) is 18.8. The standard InChI is InChI=1S/C50H55N11O10S/c1-50(2,3)39-26-40(57-71-39)55-48(68)53-31-11-9-30(10-12-31)34-27-60-35-14-13-32(25-38(35)72-49(60)54-34)69-24-23-58-19-21-59(22-20-58)28-42(63)51-17-4-5-18-52-43(64)29-70-37-8-6-7-33-44(37)47(67)61(46(33)66)36-15-16-41(62)56-45(36)65/h6-14,25-27,36H,4-5,15-24,28-29H2,1-3H3,(H,51,63)(H,52,64)(H,56,62,65)(H2,53,55,57,68). The summed E-state index contributed by atoms with van der Waals surface area (Å²) in [6, 6.07) is 18.2. The minimum Gasteiger partial charge on any atom is -0.492 e. The van der Waals surface area contributed by atoms with E-state index in [-0.39, 0.29) is 41.0 Å². The number of urea groups is 1. The Labute approximate surface area is 417 Å². The highest BCUT2D eigenvalue weighted by molar-refractivity contribution is 7.23. The average Bonchev–Trinajstić information content (AvgIpc) is 4.13. The van der Waals surface area contributed by atoms with E-state index in [4.69, 9.17) is 19.0 Å². The number of amides is 8. The molecular weight excluding hydrogens is 947 g/mol. The molecule has 0 radical (unpaired) electrons. The first-order chi connectivity index (χ1) is 34.7. The van der Waals surface area contributed by atoms with E-state index in [2.05, 4.69) is 45.9 Å². The van der Waals surface area contributed by atoms with Crippen molar-refractivity contribution in [2.45, 2.75) is 57.9 Å². The second-order valence-corrected chi connectivity index (χ2v) is 19.8. The van der Waals surface area contributed by atoms with E-state index in [0.717, 1.165) is 69.8 Å². The molecule has 72 heavy (non-hydrogen) atoms. The number of hydrogen-bond donors (Lipinski definition) is 5. The molecule has 3 aromatic heterocycles. The molecule has 1 unspecified atom stereocenters. The number of aromatic nitrogens is 3. The highest BCUT2D eigenvalue weighted by Crippen LogP contribution is 2.35. The molecule has 0 saturated carbocycles. The number of piperazine rings is 1. The highest BCUT2D eigenvalue weighted by atomic mass is 32.1. The minimum absolute atomic E-state index is 0.00558. The maximum atomic E-state index is 13.3. The zero-order chi connectivity index (χ0) is 50.5. The van der Waals surface area contributed by atoms with Gasteiger partial charge in [0.15, 0.2) is 17.4 Å². The van der Waals surface area contributed by atoms with Gasteiger partial charge in [-0.25, -0.2) is 9.78 Å². The van der Waals surface area contributed by atoms with Crippen molar-refractivity contribution in [1.82, 2.24) is 45.2 Å². The number of nitrogens with one attached hydrogen (secondary N) is 5. The van der Waals surface area contributed by atoms with Gasteiger partial charge in [0.05, 0.1) is 33.6 Å². The molecule has 3 aliphatic rings. The number of benzene rings is 3. The van der Waals surface area contributed by atoms with Gasteiger partial charge in [-0.3, -0.25) is 58.5 Å². The molecule has 0 aliphatic carbocycles. The van der Waals surface area contributed by atoms with Crippen LogP contribution >= 0.6 is 11.3 Å². The largest absolute Gasteiger partial charge is 0.492 e. The summed E-state index contributed by atoms with van der Waals surface area (Å²) in [6.07, 6.45) is 3.31. The molecule has 3 aliphatic heterocycles. The van der Waals surface area contributed by atoms with Crippen molar-refractivity contribution in [3.8, 4) is 22.8 Å². The predicted molar refractivity (Wildman–Crippen MR) is 266 cm³/mol. The Hall–Kier alpha value is -7.69. The zero-order valence-corrected chi connectivity index (χ0v) is 40.9. The lowest BCUT2D eigenvalue weighted by Crippen LogP contribution is -2.54. The number of nitrogens with zero attached hydrogens (tertiary/aromatic N) is 6. The molecule has 0 spiro atoms. The molecule has 2 fully saturated rings. The highest BCUT2D eigenvalue weighted by Gasteiger charge is 2.46. The van der Waals surface area contributed by atoms with E-state index in [1.165, 1.54) is 18.2 Å². The van der Waals surface area contributed by atoms with Gasteiger partial charge in [0.2, 0.25) is 17.7 Å². The maximum absolute atomic E-state index is 13.3. The summed E-state index contributed by atoms with van der Waals surface area (Å²) in [5.74, 6) is -1.17. The molecule has 1 atom stereocenters. The monoisotopic (exact) mass is 1000 g/mol. The third kappa shape index (κ3) is 11.4. The lowest BCUT2D eigenvalue weighted by molar-refractivity contribution is -0.136. The van der Waals surface area contributed by atoms with Crippen molar-refractivity contribution >= 4 is 79.5 Å². The summed E-state index contributed by atoms with van der Waals surface area (Å²) in [5.41, 5.74) is 3.21. The van der Waals surface area contributed by atoms with E-state index in [0.29, 0.717) is 56.3 Å². The van der Waals surface area contributed by atoms with Crippen molar-refractivity contribution in [2.24, 2.45) is 0 Å². The third-order valence-corrected chi connectivity index (χ3v) is 13.6. The smallest absolute Gasteiger partial charge is 0.324 e. The Morgan fingerprint density at radius 2 is 1.61 bits per heavy atom. The number of rotatable bonds is 18. The van der Waals surface area contributed by atoms with Crippen LogP contribution < -0.4 is 36.1 Å². The van der Waals surface area contributed by atoms with Crippen LogP contribution in [-0.2, 0) is 24.6 Å². The number of piperidine rings is 1. The zero-order valence-electron chi connectivity index (χ0n) is 40.1. The van der Waals surface area contributed by atoms with Gasteiger partial charge in [0.1, 0.15) is 29.9 Å². The molecule has 8 amide bonds. The maximum Gasteiger partial charge on any atom is 0.324 e.